The lowest BCUT2D eigenvalue weighted by Gasteiger charge is -2.00. The average Bonchev–Trinajstić information content (AvgIpc) is 1.84. The van der Waals surface area contributed by atoms with Crippen LogP contribution in [0, 0.1) is 0 Å². The molecule has 0 radical (unpaired) electrons. The molecule has 0 bridgehead atoms. The van der Waals surface area contributed by atoms with Crippen molar-refractivity contribution in [2.75, 3.05) is 6.16 Å². The summed E-state index contributed by atoms with van der Waals surface area (Å²) in [5.41, 5.74) is 0. The second-order valence-electron chi connectivity index (χ2n) is 2.01. The summed E-state index contributed by atoms with van der Waals surface area (Å²) >= 11 is 10.6. The van der Waals surface area contributed by atoms with Gasteiger partial charge in [0.1, 0.15) is 0 Å². The minimum Gasteiger partial charge on any atom is -0.302 e. The highest BCUT2D eigenvalue weighted by molar-refractivity contribution is 7.91. The number of halogens is 2. The Morgan fingerprint density at radius 1 is 1.64 bits per heavy atom. The Bertz CT molecular complexity index is 213. The molecule has 64 valence electrons. The molecule has 0 N–H and O–H groups in total. The van der Waals surface area contributed by atoms with Crippen LogP contribution in [0.15, 0.2) is 11.9 Å². The van der Waals surface area contributed by atoms with Gasteiger partial charge in [0, 0.05) is 12.6 Å². The first-order chi connectivity index (χ1) is 4.98. The Kier molecular flexibility index (Phi) is 5.07. The maximum atomic E-state index is 11.2. The molecule has 0 saturated carbocycles. The largest absolute Gasteiger partial charge is 0.302 e. The Balaban J connectivity index is 3.93. The van der Waals surface area contributed by atoms with Gasteiger partial charge in [-0.3, -0.25) is 4.79 Å². The first kappa shape index (κ1) is 11.2. The third-order valence-corrected chi connectivity index (χ3v) is 3.60. The Morgan fingerprint density at radius 3 is 2.55 bits per heavy atom. The summed E-state index contributed by atoms with van der Waals surface area (Å²) in [6.45, 7) is -1.04. The fourth-order valence-electron chi connectivity index (χ4n) is 0.537. The molecule has 0 aliphatic carbocycles. The zero-order chi connectivity index (χ0) is 8.91. The number of hydrogen-bond acceptors (Lipinski definition) is 2. The van der Waals surface area contributed by atoms with Gasteiger partial charge in [-0.05, 0) is 35.6 Å². The van der Waals surface area contributed by atoms with Crippen LogP contribution in [0.2, 0.25) is 0 Å². The van der Waals surface area contributed by atoms with Crippen LogP contribution in [0.25, 0.3) is 0 Å². The number of rotatable bonds is 4. The van der Waals surface area contributed by atoms with Gasteiger partial charge in [0.15, 0.2) is 6.49 Å². The second kappa shape index (κ2) is 4.97. The maximum absolute atomic E-state index is 11.2. The van der Waals surface area contributed by atoms with Gasteiger partial charge in [-0.15, -0.1) is 0 Å². The molecule has 0 aromatic rings. The molecular weight excluding hydrogens is 206 g/mol. The molecule has 5 heteroatoms. The minimum atomic E-state index is -2.76. The highest BCUT2D eigenvalue weighted by Gasteiger charge is 2.14. The van der Waals surface area contributed by atoms with Crippen LogP contribution in [-0.4, -0.2) is 11.4 Å². The highest BCUT2D eigenvalue weighted by Crippen LogP contribution is 2.53. The van der Waals surface area contributed by atoms with Crippen LogP contribution in [0.4, 0.5) is 0 Å². The molecule has 0 amide bonds. The first-order valence-corrected chi connectivity index (χ1v) is 6.33. The van der Waals surface area contributed by atoms with Gasteiger partial charge in [-0.25, -0.2) is 0 Å². The smallest absolute Gasteiger partial charge is 0.222 e. The van der Waals surface area contributed by atoms with E-state index in [-0.39, 0.29) is 12.6 Å². The number of hydrogen-bond donors (Lipinski definition) is 0. The molecule has 0 aromatic heterocycles. The van der Waals surface area contributed by atoms with Crippen LogP contribution in [0.3, 0.4) is 0 Å². The summed E-state index contributed by atoms with van der Waals surface area (Å²) in [6.07, 6.45) is 1.81. The predicted octanol–water partition coefficient (Wildman–Crippen LogP) is 3.19. The fraction of sp³-hybridized carbons (Fsp3) is 0.500. The van der Waals surface area contributed by atoms with E-state index in [1.165, 1.54) is 5.82 Å². The third kappa shape index (κ3) is 6.61. The Morgan fingerprint density at radius 2 is 2.18 bits per heavy atom. The quantitative estimate of drug-likeness (QED) is 0.533. The van der Waals surface area contributed by atoms with E-state index in [2.05, 4.69) is 0 Å². The van der Waals surface area contributed by atoms with Crippen molar-refractivity contribution in [2.45, 2.75) is 13.3 Å². The number of carbonyl (C=O) groups is 1. The zero-order valence-electron chi connectivity index (χ0n) is 6.09. The van der Waals surface area contributed by atoms with Crippen molar-refractivity contribution in [3.8, 4) is 0 Å². The monoisotopic (exact) mass is 214 g/mol. The van der Waals surface area contributed by atoms with Gasteiger partial charge in [-0.1, -0.05) is 6.08 Å². The van der Waals surface area contributed by atoms with E-state index < -0.39 is 11.7 Å². The van der Waals surface area contributed by atoms with Crippen LogP contribution in [0.1, 0.15) is 13.3 Å². The number of allylic oxidation sites excluding steroid dienone is 1. The van der Waals surface area contributed by atoms with Crippen molar-refractivity contribution < 1.29 is 9.36 Å². The van der Waals surface area contributed by atoms with Crippen LogP contribution in [0.5, 0.6) is 0 Å². The summed E-state index contributed by atoms with van der Waals surface area (Å²) in [6, 6.07) is 0. The molecule has 1 unspecified atom stereocenters. The summed E-state index contributed by atoms with van der Waals surface area (Å²) in [4.78, 5) is 10.3. The first-order valence-electron chi connectivity index (χ1n) is 3.08. The van der Waals surface area contributed by atoms with Crippen molar-refractivity contribution in [3.05, 3.63) is 11.9 Å². The molecule has 11 heavy (non-hydrogen) atoms. The topological polar surface area (TPSA) is 34.1 Å². The number of carbonyl (C=O) groups excluding carboxylic acids is 1. The molecule has 0 rings (SSSR count). The van der Waals surface area contributed by atoms with E-state index >= 15 is 0 Å². The lowest BCUT2D eigenvalue weighted by Crippen LogP contribution is -1.89. The molecule has 0 heterocycles. The average molecular weight is 215 g/mol. The van der Waals surface area contributed by atoms with Crippen LogP contribution in [-0.2, 0) is 9.36 Å². The molecule has 0 aliphatic heterocycles. The predicted molar refractivity (Wildman–Crippen MR) is 48.6 cm³/mol. The fourth-order valence-corrected chi connectivity index (χ4v) is 2.46. The van der Waals surface area contributed by atoms with E-state index in [9.17, 15) is 9.36 Å². The van der Waals surface area contributed by atoms with Crippen molar-refractivity contribution >= 4 is 34.6 Å². The standard InChI is InChI=1S/C6H9Cl2O2P/c1-2-4-11(8,10)5-3-6(7)9/h2,4H,3,5H2,1H3/b4-2-. The molecule has 0 spiro atoms. The zero-order valence-corrected chi connectivity index (χ0v) is 8.49. The lowest BCUT2D eigenvalue weighted by atomic mass is 10.5. The van der Waals surface area contributed by atoms with E-state index in [4.69, 9.17) is 22.8 Å². The molecule has 1 atom stereocenters. The summed E-state index contributed by atoms with van der Waals surface area (Å²) < 4.78 is 11.2. The summed E-state index contributed by atoms with van der Waals surface area (Å²) in [5.74, 6) is 1.41. The van der Waals surface area contributed by atoms with E-state index in [1.54, 1.807) is 13.0 Å². The third-order valence-electron chi connectivity index (χ3n) is 0.985. The normalized spacial score (nSPS) is 16.6. The van der Waals surface area contributed by atoms with Gasteiger partial charge in [0.25, 0.3) is 0 Å². The SMILES string of the molecule is C/C=C\P(=O)(Cl)CCC(=O)Cl. The van der Waals surface area contributed by atoms with E-state index in [0.29, 0.717) is 0 Å². The van der Waals surface area contributed by atoms with Crippen molar-refractivity contribution in [1.29, 1.82) is 0 Å². The molecule has 0 fully saturated rings. The molecule has 0 aromatic carbocycles. The van der Waals surface area contributed by atoms with Gasteiger partial charge < -0.3 is 4.57 Å². The van der Waals surface area contributed by atoms with Gasteiger partial charge in [-0.2, -0.15) is 0 Å². The van der Waals surface area contributed by atoms with Gasteiger partial charge >= 0.3 is 0 Å². The Labute approximate surface area is 75.7 Å². The lowest BCUT2D eigenvalue weighted by molar-refractivity contribution is -0.111. The van der Waals surface area contributed by atoms with E-state index in [1.807, 2.05) is 0 Å². The van der Waals surface area contributed by atoms with Gasteiger partial charge in [0.05, 0.1) is 0 Å². The highest BCUT2D eigenvalue weighted by atomic mass is 35.7. The van der Waals surface area contributed by atoms with Crippen LogP contribution >= 0.6 is 29.3 Å². The maximum Gasteiger partial charge on any atom is 0.222 e. The minimum absolute atomic E-state index is 0.0622. The summed E-state index contributed by atoms with van der Waals surface area (Å²) in [5, 5.41) is -0.504. The Hall–Kier alpha value is 0.220. The summed E-state index contributed by atoms with van der Waals surface area (Å²) in [7, 11) is 0. The van der Waals surface area contributed by atoms with E-state index in [0.717, 1.165) is 0 Å². The molecule has 0 aliphatic rings. The van der Waals surface area contributed by atoms with Crippen molar-refractivity contribution in [2.24, 2.45) is 0 Å². The molecule has 0 saturated heterocycles. The van der Waals surface area contributed by atoms with Crippen molar-refractivity contribution in [3.63, 3.8) is 0 Å². The van der Waals surface area contributed by atoms with Gasteiger partial charge in [0.2, 0.25) is 5.24 Å². The molecule has 2 nitrogen and oxygen atoms in total. The van der Waals surface area contributed by atoms with Crippen LogP contribution < -0.4 is 0 Å². The second-order valence-corrected chi connectivity index (χ2v) is 6.30. The van der Waals surface area contributed by atoms with Crippen molar-refractivity contribution in [1.82, 2.24) is 0 Å². The molecular formula is C6H9Cl2O2P.